The van der Waals surface area contributed by atoms with Crippen molar-refractivity contribution in [2.75, 3.05) is 13.1 Å². The van der Waals surface area contributed by atoms with Crippen molar-refractivity contribution < 1.29 is 9.18 Å². The van der Waals surface area contributed by atoms with Crippen LogP contribution in [-0.4, -0.2) is 25.0 Å². The Morgan fingerprint density at radius 2 is 2.17 bits per heavy atom. The maximum Gasteiger partial charge on any atom is 0.251 e. The van der Waals surface area contributed by atoms with Crippen LogP contribution in [0.5, 0.6) is 0 Å². The predicted molar refractivity (Wildman–Crippen MR) is 72.1 cm³/mol. The topological polar surface area (TPSA) is 41.1 Å². The van der Waals surface area contributed by atoms with Gasteiger partial charge in [-0.1, -0.05) is 15.9 Å². The molecule has 1 saturated heterocycles. The van der Waals surface area contributed by atoms with Crippen molar-refractivity contribution in [3.05, 3.63) is 34.1 Å². The van der Waals surface area contributed by atoms with Gasteiger partial charge in [0.2, 0.25) is 0 Å². The molecule has 1 unspecified atom stereocenters. The molecule has 1 amide bonds. The Labute approximate surface area is 114 Å². The van der Waals surface area contributed by atoms with Gasteiger partial charge in [0.1, 0.15) is 5.82 Å². The molecular formula is C13H16BrFN2O. The van der Waals surface area contributed by atoms with Crippen LogP contribution in [0, 0.1) is 5.82 Å². The van der Waals surface area contributed by atoms with Crippen LogP contribution in [0.2, 0.25) is 0 Å². The van der Waals surface area contributed by atoms with Crippen molar-refractivity contribution in [2.45, 2.75) is 25.3 Å². The van der Waals surface area contributed by atoms with Gasteiger partial charge in [0.25, 0.3) is 5.91 Å². The van der Waals surface area contributed by atoms with Crippen molar-refractivity contribution in [1.82, 2.24) is 10.6 Å². The highest BCUT2D eigenvalue weighted by molar-refractivity contribution is 9.10. The van der Waals surface area contributed by atoms with Crippen LogP contribution in [0.25, 0.3) is 0 Å². The Balaban J connectivity index is 2.01. The molecule has 0 bridgehead atoms. The smallest absolute Gasteiger partial charge is 0.251 e. The summed E-state index contributed by atoms with van der Waals surface area (Å²) in [7, 11) is 0. The van der Waals surface area contributed by atoms with E-state index in [1.807, 2.05) is 0 Å². The molecule has 0 saturated carbocycles. The number of halogens is 2. The van der Waals surface area contributed by atoms with Crippen LogP contribution in [0.15, 0.2) is 22.7 Å². The minimum Gasteiger partial charge on any atom is -0.349 e. The normalized spacial score (nSPS) is 20.2. The van der Waals surface area contributed by atoms with Crippen LogP contribution >= 0.6 is 15.9 Å². The Morgan fingerprint density at radius 1 is 1.33 bits per heavy atom. The summed E-state index contributed by atoms with van der Waals surface area (Å²) in [6, 6.07) is 4.41. The first-order chi connectivity index (χ1) is 8.65. The highest BCUT2D eigenvalue weighted by Gasteiger charge is 2.16. The summed E-state index contributed by atoms with van der Waals surface area (Å²) >= 11 is 3.19. The molecule has 3 nitrogen and oxygen atoms in total. The van der Waals surface area contributed by atoms with E-state index in [-0.39, 0.29) is 11.9 Å². The third-order valence-corrected chi connectivity index (χ3v) is 3.49. The lowest BCUT2D eigenvalue weighted by atomic mass is 10.1. The summed E-state index contributed by atoms with van der Waals surface area (Å²) in [4.78, 5) is 12.0. The summed E-state index contributed by atoms with van der Waals surface area (Å²) in [5, 5.41) is 6.25. The minimum absolute atomic E-state index is 0.176. The van der Waals surface area contributed by atoms with Gasteiger partial charge in [-0.15, -0.1) is 0 Å². The lowest BCUT2D eigenvalue weighted by Gasteiger charge is -2.16. The lowest BCUT2D eigenvalue weighted by molar-refractivity contribution is 0.0933. The molecule has 0 aliphatic carbocycles. The lowest BCUT2D eigenvalue weighted by Crippen LogP contribution is -2.35. The molecule has 2 N–H and O–H groups in total. The second-order valence-electron chi connectivity index (χ2n) is 4.51. The summed E-state index contributed by atoms with van der Waals surface area (Å²) in [6.07, 6.45) is 2.94. The molecule has 2 rings (SSSR count). The summed E-state index contributed by atoms with van der Waals surface area (Å²) in [6.45, 7) is 1.91. The maximum atomic E-state index is 13.2. The van der Waals surface area contributed by atoms with Crippen molar-refractivity contribution >= 4 is 21.8 Å². The van der Waals surface area contributed by atoms with Crippen molar-refractivity contribution in [3.8, 4) is 0 Å². The first kappa shape index (κ1) is 13.5. The summed E-state index contributed by atoms with van der Waals surface area (Å²) in [5.41, 5.74) is 0.360. The number of carbonyl (C=O) groups excluding carboxylic acids is 1. The largest absolute Gasteiger partial charge is 0.349 e. The van der Waals surface area contributed by atoms with Gasteiger partial charge in [-0.05, 0) is 50.6 Å². The maximum absolute atomic E-state index is 13.2. The number of hydrogen-bond acceptors (Lipinski definition) is 2. The Hall–Kier alpha value is -0.940. The SMILES string of the molecule is O=C(NC1CCCNCC1)c1cc(F)cc(Br)c1. The first-order valence-electron chi connectivity index (χ1n) is 6.13. The molecule has 0 spiro atoms. The van der Waals surface area contributed by atoms with Crippen molar-refractivity contribution in [1.29, 1.82) is 0 Å². The zero-order valence-corrected chi connectivity index (χ0v) is 11.6. The number of rotatable bonds is 2. The zero-order chi connectivity index (χ0) is 13.0. The van der Waals surface area contributed by atoms with E-state index in [0.717, 1.165) is 32.4 Å². The average Bonchev–Trinajstić information content (AvgIpc) is 2.56. The van der Waals surface area contributed by atoms with Crippen LogP contribution in [0.4, 0.5) is 4.39 Å². The van der Waals surface area contributed by atoms with E-state index in [0.29, 0.717) is 10.0 Å². The highest BCUT2D eigenvalue weighted by atomic mass is 79.9. The van der Waals surface area contributed by atoms with Crippen LogP contribution < -0.4 is 10.6 Å². The van der Waals surface area contributed by atoms with Gasteiger partial charge in [-0.2, -0.15) is 0 Å². The van der Waals surface area contributed by atoms with Crippen LogP contribution in [0.1, 0.15) is 29.6 Å². The molecule has 0 aromatic heterocycles. The van der Waals surface area contributed by atoms with E-state index in [2.05, 4.69) is 26.6 Å². The first-order valence-corrected chi connectivity index (χ1v) is 6.92. The summed E-state index contributed by atoms with van der Waals surface area (Å²) in [5.74, 6) is -0.612. The van der Waals surface area contributed by atoms with E-state index >= 15 is 0 Å². The second kappa shape index (κ2) is 6.29. The van der Waals surface area contributed by atoms with E-state index in [4.69, 9.17) is 0 Å². The molecule has 5 heteroatoms. The molecule has 0 radical (unpaired) electrons. The molecule has 98 valence electrons. The second-order valence-corrected chi connectivity index (χ2v) is 5.43. The molecule has 1 fully saturated rings. The standard InChI is InChI=1S/C13H16BrFN2O/c14-10-6-9(7-11(15)8-10)13(18)17-12-2-1-4-16-5-3-12/h6-8,12,16H,1-5H2,(H,17,18). The number of amides is 1. The molecule has 1 atom stereocenters. The van der Waals surface area contributed by atoms with Crippen molar-refractivity contribution in [3.63, 3.8) is 0 Å². The number of nitrogens with one attached hydrogen (secondary N) is 2. The predicted octanol–water partition coefficient (Wildman–Crippen LogP) is 2.46. The number of benzene rings is 1. The van der Waals surface area contributed by atoms with E-state index in [9.17, 15) is 9.18 Å². The third-order valence-electron chi connectivity index (χ3n) is 3.04. The van der Waals surface area contributed by atoms with Gasteiger partial charge in [-0.25, -0.2) is 4.39 Å². The fraction of sp³-hybridized carbons (Fsp3) is 0.462. The third kappa shape index (κ3) is 3.78. The average molecular weight is 315 g/mol. The molecule has 1 aliphatic rings. The number of carbonyl (C=O) groups is 1. The summed E-state index contributed by atoms with van der Waals surface area (Å²) < 4.78 is 13.8. The number of hydrogen-bond donors (Lipinski definition) is 2. The van der Waals surface area contributed by atoms with Gasteiger partial charge in [0.05, 0.1) is 0 Å². The molecule has 1 aromatic carbocycles. The fourth-order valence-electron chi connectivity index (χ4n) is 2.12. The van der Waals surface area contributed by atoms with Crippen molar-refractivity contribution in [2.24, 2.45) is 0 Å². The van der Waals surface area contributed by atoms with Crippen LogP contribution in [-0.2, 0) is 0 Å². The van der Waals surface area contributed by atoms with Gasteiger partial charge < -0.3 is 10.6 Å². The highest BCUT2D eigenvalue weighted by Crippen LogP contribution is 2.15. The molecule has 1 aromatic rings. The minimum atomic E-state index is -0.406. The van der Waals surface area contributed by atoms with Gasteiger partial charge >= 0.3 is 0 Å². The molecule has 18 heavy (non-hydrogen) atoms. The molecule has 1 aliphatic heterocycles. The Bertz CT molecular complexity index is 411. The monoisotopic (exact) mass is 314 g/mol. The van der Waals surface area contributed by atoms with Gasteiger partial charge in [-0.3, -0.25) is 4.79 Å². The van der Waals surface area contributed by atoms with Gasteiger partial charge in [0, 0.05) is 16.1 Å². The molecule has 1 heterocycles. The zero-order valence-electron chi connectivity index (χ0n) is 10.0. The van der Waals surface area contributed by atoms with Gasteiger partial charge in [0.15, 0.2) is 0 Å². The van der Waals surface area contributed by atoms with E-state index < -0.39 is 5.82 Å². The Morgan fingerprint density at radius 3 is 2.94 bits per heavy atom. The van der Waals surface area contributed by atoms with Crippen LogP contribution in [0.3, 0.4) is 0 Å². The molecular weight excluding hydrogens is 299 g/mol. The quantitative estimate of drug-likeness (QED) is 0.880. The fourth-order valence-corrected chi connectivity index (χ4v) is 2.58. The Kier molecular flexibility index (Phi) is 4.72. The van der Waals surface area contributed by atoms with E-state index in [1.165, 1.54) is 12.1 Å². The van der Waals surface area contributed by atoms with E-state index in [1.54, 1.807) is 6.07 Å².